The third-order valence-corrected chi connectivity index (χ3v) is 2.13. The topological polar surface area (TPSA) is 87.2 Å². The monoisotopic (exact) mass is 206 g/mol. The van der Waals surface area contributed by atoms with E-state index in [0.717, 1.165) is 11.1 Å². The lowest BCUT2D eigenvalue weighted by Crippen LogP contribution is -2.04. The van der Waals surface area contributed by atoms with Gasteiger partial charge in [-0.25, -0.2) is 0 Å². The van der Waals surface area contributed by atoms with Crippen LogP contribution in [0.15, 0.2) is 24.3 Å². The third-order valence-electron chi connectivity index (χ3n) is 2.13. The molecule has 4 N–H and O–H groups in total. The summed E-state index contributed by atoms with van der Waals surface area (Å²) in [7, 11) is 0. The lowest BCUT2D eigenvalue weighted by Gasteiger charge is -2.03. The smallest absolute Gasteiger partial charge is 0.303 e. The maximum Gasteiger partial charge on any atom is 0.303 e. The van der Waals surface area contributed by atoms with Crippen molar-refractivity contribution in [3.05, 3.63) is 35.4 Å². The SMILES string of the molecule is N=C(CCC(=O)O)c1ccc(CN)cc1. The summed E-state index contributed by atoms with van der Waals surface area (Å²) in [5.41, 5.74) is 7.55. The highest BCUT2D eigenvalue weighted by atomic mass is 16.4. The van der Waals surface area contributed by atoms with Crippen molar-refractivity contribution < 1.29 is 9.90 Å². The molecule has 0 atom stereocenters. The maximum atomic E-state index is 10.3. The average Bonchev–Trinajstić information content (AvgIpc) is 2.26. The highest BCUT2D eigenvalue weighted by Gasteiger charge is 2.04. The van der Waals surface area contributed by atoms with Gasteiger partial charge in [-0.3, -0.25) is 4.79 Å². The van der Waals surface area contributed by atoms with Crippen LogP contribution in [0.1, 0.15) is 24.0 Å². The van der Waals surface area contributed by atoms with Gasteiger partial charge in [0, 0.05) is 12.3 Å². The van der Waals surface area contributed by atoms with Crippen molar-refractivity contribution >= 4 is 11.7 Å². The van der Waals surface area contributed by atoms with Crippen LogP contribution >= 0.6 is 0 Å². The second-order valence-corrected chi connectivity index (χ2v) is 3.27. The molecule has 0 saturated heterocycles. The second kappa shape index (κ2) is 5.26. The van der Waals surface area contributed by atoms with Gasteiger partial charge in [0.25, 0.3) is 0 Å². The number of rotatable bonds is 5. The van der Waals surface area contributed by atoms with Gasteiger partial charge in [0.05, 0.1) is 6.42 Å². The van der Waals surface area contributed by atoms with Gasteiger partial charge in [0.15, 0.2) is 0 Å². The molecule has 1 aromatic carbocycles. The quantitative estimate of drug-likeness (QED) is 0.636. The summed E-state index contributed by atoms with van der Waals surface area (Å²) >= 11 is 0. The maximum absolute atomic E-state index is 10.3. The minimum absolute atomic E-state index is 0.00251. The minimum atomic E-state index is -0.877. The molecule has 0 aliphatic carbocycles. The molecule has 0 spiro atoms. The van der Waals surface area contributed by atoms with Crippen LogP contribution in [-0.2, 0) is 11.3 Å². The van der Waals surface area contributed by atoms with E-state index in [1.54, 1.807) is 12.1 Å². The Kier molecular flexibility index (Phi) is 4.00. The van der Waals surface area contributed by atoms with Crippen LogP contribution in [0.5, 0.6) is 0 Å². The van der Waals surface area contributed by atoms with Crippen LogP contribution in [0.25, 0.3) is 0 Å². The van der Waals surface area contributed by atoms with Crippen LogP contribution in [0.4, 0.5) is 0 Å². The first-order valence-corrected chi connectivity index (χ1v) is 4.72. The first-order valence-electron chi connectivity index (χ1n) is 4.72. The molecule has 80 valence electrons. The number of carboxylic acids is 1. The van der Waals surface area contributed by atoms with E-state index in [2.05, 4.69) is 0 Å². The molecule has 4 heteroatoms. The van der Waals surface area contributed by atoms with Gasteiger partial charge < -0.3 is 16.2 Å². The molecule has 1 aromatic rings. The fourth-order valence-electron chi connectivity index (χ4n) is 1.22. The molecular formula is C11H14N2O2. The number of benzene rings is 1. The molecule has 0 amide bonds. The van der Waals surface area contributed by atoms with Crippen LogP contribution < -0.4 is 5.73 Å². The first-order chi connectivity index (χ1) is 7.13. The molecule has 0 fully saturated rings. The summed E-state index contributed by atoms with van der Waals surface area (Å²) in [6, 6.07) is 7.30. The Morgan fingerprint density at radius 3 is 2.33 bits per heavy atom. The summed E-state index contributed by atoms with van der Waals surface area (Å²) in [6.45, 7) is 0.475. The standard InChI is InChI=1S/C11H14N2O2/c12-7-8-1-3-9(4-2-8)10(13)5-6-11(14)15/h1-4,13H,5-7,12H2,(H,14,15). The summed E-state index contributed by atoms with van der Waals surface area (Å²) in [4.78, 5) is 10.3. The van der Waals surface area contributed by atoms with Crippen LogP contribution in [0, 0.1) is 5.41 Å². The third kappa shape index (κ3) is 3.52. The molecule has 0 aromatic heterocycles. The van der Waals surface area contributed by atoms with E-state index >= 15 is 0 Å². The summed E-state index contributed by atoms with van der Waals surface area (Å²) in [5.74, 6) is -0.877. The molecule has 0 unspecified atom stereocenters. The summed E-state index contributed by atoms with van der Waals surface area (Å²) in [5, 5.41) is 16.1. The average molecular weight is 206 g/mol. The summed E-state index contributed by atoms with van der Waals surface area (Å²) < 4.78 is 0. The molecule has 1 rings (SSSR count). The Bertz CT molecular complexity index is 357. The number of carbonyl (C=O) groups is 1. The van der Waals surface area contributed by atoms with Gasteiger partial charge >= 0.3 is 5.97 Å². The van der Waals surface area contributed by atoms with E-state index < -0.39 is 5.97 Å². The fraction of sp³-hybridized carbons (Fsp3) is 0.273. The number of nitrogens with one attached hydrogen (secondary N) is 1. The highest BCUT2D eigenvalue weighted by molar-refractivity contribution is 5.99. The zero-order valence-corrected chi connectivity index (χ0v) is 8.36. The van der Waals surface area contributed by atoms with Crippen molar-refractivity contribution in [2.24, 2.45) is 5.73 Å². The Morgan fingerprint density at radius 2 is 1.87 bits per heavy atom. The van der Waals surface area contributed by atoms with E-state index in [0.29, 0.717) is 12.3 Å². The zero-order valence-electron chi connectivity index (χ0n) is 8.36. The lowest BCUT2D eigenvalue weighted by molar-refractivity contribution is -0.136. The minimum Gasteiger partial charge on any atom is -0.481 e. The van der Waals surface area contributed by atoms with Crippen molar-refractivity contribution in [2.75, 3.05) is 0 Å². The Balaban J connectivity index is 2.62. The number of carboxylic acid groups (broad SMARTS) is 1. The number of hydrogen-bond acceptors (Lipinski definition) is 3. The molecular weight excluding hydrogens is 192 g/mol. The van der Waals surface area contributed by atoms with Gasteiger partial charge in [0.2, 0.25) is 0 Å². The second-order valence-electron chi connectivity index (χ2n) is 3.27. The van der Waals surface area contributed by atoms with Gasteiger partial charge in [-0.05, 0) is 17.5 Å². The van der Waals surface area contributed by atoms with Crippen molar-refractivity contribution in [3.63, 3.8) is 0 Å². The van der Waals surface area contributed by atoms with Crippen molar-refractivity contribution in [2.45, 2.75) is 19.4 Å². The molecule has 0 aliphatic rings. The van der Waals surface area contributed by atoms with Crippen LogP contribution in [-0.4, -0.2) is 16.8 Å². The zero-order chi connectivity index (χ0) is 11.3. The van der Waals surface area contributed by atoms with E-state index in [1.807, 2.05) is 12.1 Å². The Labute approximate surface area is 88.2 Å². The van der Waals surface area contributed by atoms with Gasteiger partial charge in [-0.2, -0.15) is 0 Å². The van der Waals surface area contributed by atoms with Gasteiger partial charge in [0.1, 0.15) is 0 Å². The molecule has 0 aliphatic heterocycles. The first kappa shape index (κ1) is 11.4. The van der Waals surface area contributed by atoms with Crippen molar-refractivity contribution in [1.29, 1.82) is 5.41 Å². The lowest BCUT2D eigenvalue weighted by atomic mass is 10.0. The Morgan fingerprint density at radius 1 is 1.27 bits per heavy atom. The van der Waals surface area contributed by atoms with Crippen molar-refractivity contribution in [1.82, 2.24) is 0 Å². The van der Waals surface area contributed by atoms with Crippen LogP contribution in [0.2, 0.25) is 0 Å². The number of nitrogens with two attached hydrogens (primary N) is 1. The Hall–Kier alpha value is -1.68. The predicted molar refractivity (Wildman–Crippen MR) is 58.0 cm³/mol. The summed E-state index contributed by atoms with van der Waals surface area (Å²) in [6.07, 6.45) is 0.259. The highest BCUT2D eigenvalue weighted by Crippen LogP contribution is 2.07. The molecule has 0 heterocycles. The van der Waals surface area contributed by atoms with E-state index in [4.69, 9.17) is 16.2 Å². The molecule has 4 nitrogen and oxygen atoms in total. The van der Waals surface area contributed by atoms with Gasteiger partial charge in [-0.15, -0.1) is 0 Å². The van der Waals surface area contributed by atoms with Crippen molar-refractivity contribution in [3.8, 4) is 0 Å². The number of aliphatic carboxylic acids is 1. The number of hydrogen-bond donors (Lipinski definition) is 3. The molecule has 15 heavy (non-hydrogen) atoms. The fourth-order valence-corrected chi connectivity index (χ4v) is 1.22. The normalized spacial score (nSPS) is 9.93. The largest absolute Gasteiger partial charge is 0.481 e. The molecule has 0 saturated carbocycles. The molecule has 0 radical (unpaired) electrons. The van der Waals surface area contributed by atoms with Gasteiger partial charge in [-0.1, -0.05) is 24.3 Å². The van der Waals surface area contributed by atoms with E-state index in [1.165, 1.54) is 0 Å². The molecule has 0 bridgehead atoms. The predicted octanol–water partition coefficient (Wildman–Crippen LogP) is 1.38. The van der Waals surface area contributed by atoms with E-state index in [9.17, 15) is 4.79 Å². The van der Waals surface area contributed by atoms with E-state index in [-0.39, 0.29) is 12.8 Å². The van der Waals surface area contributed by atoms with Crippen LogP contribution in [0.3, 0.4) is 0 Å².